The fourth-order valence-electron chi connectivity index (χ4n) is 4.65. The molecule has 2 aromatic heterocycles. The molecule has 0 aliphatic rings. The zero-order chi connectivity index (χ0) is 28.1. The van der Waals surface area contributed by atoms with Crippen molar-refractivity contribution in [3.8, 4) is 0 Å². The number of aromatic nitrogens is 4. The van der Waals surface area contributed by atoms with Crippen molar-refractivity contribution >= 4 is 23.2 Å². The molecule has 0 N–H and O–H groups in total. The Kier molecular flexibility index (Phi) is 9.20. The molecule has 0 aliphatic carbocycles. The third kappa shape index (κ3) is 6.75. The van der Waals surface area contributed by atoms with Gasteiger partial charge in [-0.1, -0.05) is 66.6 Å². The second-order valence-electron chi connectivity index (χ2n) is 10.5. The summed E-state index contributed by atoms with van der Waals surface area (Å²) in [4.78, 5) is 35.9. The highest BCUT2D eigenvalue weighted by molar-refractivity contribution is 6.34. The normalized spacial score (nSPS) is 12.3. The van der Waals surface area contributed by atoms with Crippen LogP contribution in [0.5, 0.6) is 0 Å². The lowest BCUT2D eigenvalue weighted by atomic mass is 10.0. The lowest BCUT2D eigenvalue weighted by Crippen LogP contribution is -2.36. The second-order valence-corrected chi connectivity index (χ2v) is 10.8. The van der Waals surface area contributed by atoms with E-state index < -0.39 is 0 Å². The summed E-state index contributed by atoms with van der Waals surface area (Å²) in [6, 6.07) is 17.5. The van der Waals surface area contributed by atoms with Crippen LogP contribution in [0.2, 0.25) is 5.02 Å². The number of fused-ring (bicyclic) bond motifs is 1. The van der Waals surface area contributed by atoms with Gasteiger partial charge in [-0.05, 0) is 65.0 Å². The zero-order valence-corrected chi connectivity index (χ0v) is 24.1. The van der Waals surface area contributed by atoms with Crippen LogP contribution in [-0.2, 0) is 6.54 Å². The van der Waals surface area contributed by atoms with E-state index >= 15 is 0 Å². The van der Waals surface area contributed by atoms with Crippen molar-refractivity contribution in [2.24, 2.45) is 0 Å². The number of halogens is 1. The molecule has 1 atom stereocenters. The van der Waals surface area contributed by atoms with E-state index in [9.17, 15) is 9.59 Å². The summed E-state index contributed by atoms with van der Waals surface area (Å²) in [6.45, 7) is 8.27. The van der Waals surface area contributed by atoms with Crippen molar-refractivity contribution < 1.29 is 4.79 Å². The van der Waals surface area contributed by atoms with Crippen LogP contribution in [0.1, 0.15) is 58.7 Å². The molecule has 9 heteroatoms. The van der Waals surface area contributed by atoms with Crippen molar-refractivity contribution in [2.75, 3.05) is 33.7 Å². The van der Waals surface area contributed by atoms with Crippen molar-refractivity contribution in [3.63, 3.8) is 0 Å². The Bertz CT molecular complexity index is 1480. The van der Waals surface area contributed by atoms with Crippen LogP contribution in [0.3, 0.4) is 0 Å². The van der Waals surface area contributed by atoms with Crippen molar-refractivity contribution in [1.29, 1.82) is 0 Å². The van der Waals surface area contributed by atoms with Gasteiger partial charge in [0.1, 0.15) is 10.8 Å². The number of carbonyl (C=O) groups is 1. The number of nitrogens with zero attached hydrogens (tertiary/aromatic N) is 6. The fourth-order valence-corrected chi connectivity index (χ4v) is 4.81. The third-order valence-electron chi connectivity index (χ3n) is 6.95. The first-order valence-electron chi connectivity index (χ1n) is 13.4. The number of amides is 1. The molecular weight excluding hydrogens is 512 g/mol. The maximum absolute atomic E-state index is 13.6. The molecule has 2 aromatic carbocycles. The molecule has 8 nitrogen and oxygen atoms in total. The Hall–Kier alpha value is -3.49. The first-order chi connectivity index (χ1) is 18.7. The molecule has 2 heterocycles. The van der Waals surface area contributed by atoms with Gasteiger partial charge in [0.15, 0.2) is 5.65 Å². The minimum atomic E-state index is -0.278. The minimum absolute atomic E-state index is 0.0144. The first kappa shape index (κ1) is 28.5. The molecular formula is C30H37ClN6O2. The smallest absolute Gasteiger partial charge is 0.339 e. The molecule has 0 bridgehead atoms. The molecule has 4 rings (SSSR count). The van der Waals surface area contributed by atoms with Crippen LogP contribution in [0.25, 0.3) is 5.65 Å². The van der Waals surface area contributed by atoms with Crippen molar-refractivity contribution in [1.82, 2.24) is 29.0 Å². The van der Waals surface area contributed by atoms with Gasteiger partial charge < -0.3 is 9.80 Å². The van der Waals surface area contributed by atoms with Crippen LogP contribution in [0, 0.1) is 13.8 Å². The number of hydrogen-bond acceptors (Lipinski definition) is 5. The molecule has 39 heavy (non-hydrogen) atoms. The quantitative estimate of drug-likeness (QED) is 0.269. The summed E-state index contributed by atoms with van der Waals surface area (Å²) in [7, 11) is 4.07. The van der Waals surface area contributed by atoms with E-state index in [1.54, 1.807) is 11.5 Å². The van der Waals surface area contributed by atoms with Crippen LogP contribution in [-0.4, -0.2) is 68.6 Å². The van der Waals surface area contributed by atoms with E-state index in [0.29, 0.717) is 53.8 Å². The highest BCUT2D eigenvalue weighted by atomic mass is 35.5. The van der Waals surface area contributed by atoms with Gasteiger partial charge in [-0.2, -0.15) is 9.61 Å². The highest BCUT2D eigenvalue weighted by Crippen LogP contribution is 2.23. The average molecular weight is 549 g/mol. The Morgan fingerprint density at radius 2 is 1.69 bits per heavy atom. The summed E-state index contributed by atoms with van der Waals surface area (Å²) in [5.74, 6) is 0.537. The van der Waals surface area contributed by atoms with Gasteiger partial charge in [0.2, 0.25) is 0 Å². The van der Waals surface area contributed by atoms with Crippen molar-refractivity contribution in [3.05, 3.63) is 98.3 Å². The predicted molar refractivity (Wildman–Crippen MR) is 156 cm³/mol. The summed E-state index contributed by atoms with van der Waals surface area (Å²) >= 11 is 6.48. The molecule has 0 radical (unpaired) electrons. The fraction of sp³-hybridized carbons (Fsp3) is 0.400. The summed E-state index contributed by atoms with van der Waals surface area (Å²) in [5, 5.41) is 4.71. The van der Waals surface area contributed by atoms with Gasteiger partial charge in [0.05, 0.1) is 12.2 Å². The maximum Gasteiger partial charge on any atom is 0.352 e. The zero-order valence-electron chi connectivity index (χ0n) is 23.4. The summed E-state index contributed by atoms with van der Waals surface area (Å²) in [5.41, 5.74) is 3.44. The van der Waals surface area contributed by atoms with Gasteiger partial charge in [0.25, 0.3) is 5.91 Å². The standard InChI is InChI=1S/C30H37ClN6O2/c1-21-12-14-25(15-13-21)29(38)35(18-9-17-34(4)5)19-16-22(2)27-32-28-26(31)23(3)33-37(28)30(39)36(27)20-24-10-7-6-8-11-24/h6-8,10-15,22H,9,16-20H2,1-5H3. The molecule has 206 valence electrons. The molecule has 1 amide bonds. The Balaban J connectivity index is 1.63. The van der Waals surface area contributed by atoms with Gasteiger partial charge in [0, 0.05) is 24.6 Å². The van der Waals surface area contributed by atoms with Gasteiger partial charge in [-0.15, -0.1) is 0 Å². The first-order valence-corrected chi connectivity index (χ1v) is 13.7. The molecule has 1 unspecified atom stereocenters. The van der Waals surface area contributed by atoms with Crippen LogP contribution >= 0.6 is 11.6 Å². The number of rotatable bonds is 11. The molecule has 0 aliphatic heterocycles. The van der Waals surface area contributed by atoms with Gasteiger partial charge in [-0.3, -0.25) is 9.36 Å². The lowest BCUT2D eigenvalue weighted by molar-refractivity contribution is 0.0745. The number of aryl methyl sites for hydroxylation is 2. The third-order valence-corrected chi connectivity index (χ3v) is 7.39. The van der Waals surface area contributed by atoms with Crippen LogP contribution < -0.4 is 5.69 Å². The summed E-state index contributed by atoms with van der Waals surface area (Å²) < 4.78 is 2.96. The van der Waals surface area contributed by atoms with Crippen LogP contribution in [0.4, 0.5) is 0 Å². The van der Waals surface area contributed by atoms with Gasteiger partial charge in [-0.25, -0.2) is 9.78 Å². The van der Waals surface area contributed by atoms with E-state index in [0.717, 1.165) is 24.1 Å². The number of hydrogen-bond donors (Lipinski definition) is 0. The van der Waals surface area contributed by atoms with E-state index in [2.05, 4.69) is 10.00 Å². The Morgan fingerprint density at radius 3 is 2.36 bits per heavy atom. The second kappa shape index (κ2) is 12.6. The molecule has 0 spiro atoms. The van der Waals surface area contributed by atoms with Crippen molar-refractivity contribution in [2.45, 2.75) is 46.1 Å². The molecule has 4 aromatic rings. The molecule has 0 fully saturated rings. The highest BCUT2D eigenvalue weighted by Gasteiger charge is 2.23. The monoisotopic (exact) mass is 548 g/mol. The number of carbonyl (C=O) groups excluding carboxylic acids is 1. The van der Waals surface area contributed by atoms with E-state index in [1.165, 1.54) is 4.52 Å². The van der Waals surface area contributed by atoms with E-state index in [1.807, 2.05) is 87.4 Å². The Labute approximate surface area is 234 Å². The number of benzene rings is 2. The topological polar surface area (TPSA) is 75.7 Å². The van der Waals surface area contributed by atoms with E-state index in [4.69, 9.17) is 16.6 Å². The van der Waals surface area contributed by atoms with E-state index in [-0.39, 0.29) is 17.5 Å². The minimum Gasteiger partial charge on any atom is -0.339 e. The molecule has 0 saturated heterocycles. The van der Waals surface area contributed by atoms with Gasteiger partial charge >= 0.3 is 5.69 Å². The summed E-state index contributed by atoms with van der Waals surface area (Å²) in [6.07, 6.45) is 1.51. The maximum atomic E-state index is 13.6. The predicted octanol–water partition coefficient (Wildman–Crippen LogP) is 4.80. The molecule has 0 saturated carbocycles. The average Bonchev–Trinajstić information content (AvgIpc) is 3.21. The SMILES string of the molecule is Cc1ccc(C(=O)N(CCCN(C)C)CCC(C)c2nc3c(Cl)c(C)nn3c(=O)n2Cc2ccccc2)cc1. The lowest BCUT2D eigenvalue weighted by Gasteiger charge is -2.26. The van der Waals surface area contributed by atoms with Crippen LogP contribution in [0.15, 0.2) is 59.4 Å². The largest absolute Gasteiger partial charge is 0.352 e. The Morgan fingerprint density at radius 1 is 1.00 bits per heavy atom.